The normalized spacial score (nSPS) is 41.1. The lowest BCUT2D eigenvalue weighted by Gasteiger charge is -2.48. The molecule has 2 aliphatic rings. The minimum atomic E-state index is -2.30. The van der Waals surface area contributed by atoms with Crippen LogP contribution in [0.15, 0.2) is 11.1 Å². The number of aliphatic hydroxyl groups excluding tert-OH is 7. The van der Waals surface area contributed by atoms with Crippen LogP contribution in [-0.4, -0.2) is 117 Å². The fourth-order valence-electron chi connectivity index (χ4n) is 4.17. The summed E-state index contributed by atoms with van der Waals surface area (Å²) in [6.07, 6.45) is -12.5. The lowest BCUT2D eigenvalue weighted by molar-refractivity contribution is -0.309. The Hall–Kier alpha value is -2.21. The zero-order valence-corrected chi connectivity index (χ0v) is 15.9. The molecular formula is C16H23N5O10. The topological polar surface area (TPSA) is 250 Å². The first-order valence-electron chi connectivity index (χ1n) is 9.36. The Balaban J connectivity index is 1.96. The fourth-order valence-corrected chi connectivity index (χ4v) is 4.17. The van der Waals surface area contributed by atoms with Crippen LogP contribution in [0.4, 0.5) is 5.95 Å². The maximum Gasteiger partial charge on any atom is 0.280 e. The first kappa shape index (κ1) is 22.0. The number of H-pyrrole nitrogens is 1. The molecule has 31 heavy (non-hydrogen) atoms. The minimum Gasteiger partial charge on any atom is -0.394 e. The Morgan fingerprint density at radius 3 is 2.35 bits per heavy atom. The molecular weight excluding hydrogens is 422 g/mol. The number of nitrogens with two attached hydrogens (primary N) is 1. The molecule has 15 heteroatoms. The van der Waals surface area contributed by atoms with Crippen LogP contribution >= 0.6 is 0 Å². The van der Waals surface area contributed by atoms with Crippen molar-refractivity contribution >= 4 is 17.1 Å². The van der Waals surface area contributed by atoms with Gasteiger partial charge in [-0.2, -0.15) is 4.98 Å². The fraction of sp³-hybridized carbons (Fsp3) is 0.688. The van der Waals surface area contributed by atoms with Gasteiger partial charge in [0.1, 0.15) is 48.8 Å². The Morgan fingerprint density at radius 2 is 1.74 bits per heavy atom. The molecule has 0 saturated carbocycles. The summed E-state index contributed by atoms with van der Waals surface area (Å²) in [6, 6.07) is 0. The number of nitrogen functional groups attached to an aromatic ring is 1. The van der Waals surface area contributed by atoms with Gasteiger partial charge in [-0.3, -0.25) is 14.3 Å². The van der Waals surface area contributed by atoms with E-state index < -0.39 is 73.3 Å². The van der Waals surface area contributed by atoms with Gasteiger partial charge in [0.15, 0.2) is 11.2 Å². The zero-order valence-electron chi connectivity index (χ0n) is 15.9. The van der Waals surface area contributed by atoms with Crippen LogP contribution < -0.4 is 11.3 Å². The van der Waals surface area contributed by atoms with Crippen molar-refractivity contribution in [3.8, 4) is 0 Å². The molecule has 10 N–H and O–H groups in total. The minimum absolute atomic E-state index is 0.219. The molecule has 2 fully saturated rings. The van der Waals surface area contributed by atoms with E-state index in [1.807, 2.05) is 0 Å². The molecule has 4 heterocycles. The molecule has 2 aromatic rings. The molecule has 1 unspecified atom stereocenters. The highest BCUT2D eigenvalue weighted by molar-refractivity contribution is 5.71. The van der Waals surface area contributed by atoms with Gasteiger partial charge in [-0.25, -0.2) is 4.98 Å². The van der Waals surface area contributed by atoms with Gasteiger partial charge in [-0.05, 0) is 0 Å². The second kappa shape index (κ2) is 7.73. The van der Waals surface area contributed by atoms with Crippen LogP contribution in [0.25, 0.3) is 11.2 Å². The molecule has 0 aliphatic carbocycles. The van der Waals surface area contributed by atoms with Crippen molar-refractivity contribution in [1.82, 2.24) is 19.5 Å². The second-order valence-electron chi connectivity index (χ2n) is 7.51. The lowest BCUT2D eigenvalue weighted by atomic mass is 9.86. The summed E-state index contributed by atoms with van der Waals surface area (Å²) in [5.74, 6) is -0.310. The van der Waals surface area contributed by atoms with Gasteiger partial charge >= 0.3 is 0 Å². The van der Waals surface area contributed by atoms with Gasteiger partial charge in [-0.1, -0.05) is 0 Å². The maximum atomic E-state index is 12.2. The number of hydrogen-bond donors (Lipinski definition) is 9. The van der Waals surface area contributed by atoms with Crippen molar-refractivity contribution in [3.63, 3.8) is 0 Å². The molecule has 0 radical (unpaired) electrons. The third kappa shape index (κ3) is 3.05. The number of anilines is 1. The largest absolute Gasteiger partial charge is 0.394 e. The monoisotopic (exact) mass is 445 g/mol. The van der Waals surface area contributed by atoms with Crippen LogP contribution in [0.2, 0.25) is 0 Å². The van der Waals surface area contributed by atoms with E-state index in [-0.39, 0.29) is 17.1 Å². The zero-order chi connectivity index (χ0) is 22.7. The van der Waals surface area contributed by atoms with E-state index in [1.54, 1.807) is 0 Å². The highest BCUT2D eigenvalue weighted by atomic mass is 16.6. The number of nitrogens with zero attached hydrogens (tertiary/aromatic N) is 3. The van der Waals surface area contributed by atoms with Crippen molar-refractivity contribution in [1.29, 1.82) is 0 Å². The van der Waals surface area contributed by atoms with Gasteiger partial charge < -0.3 is 51.0 Å². The highest BCUT2D eigenvalue weighted by Gasteiger charge is 2.65. The average Bonchev–Trinajstić information content (AvgIpc) is 3.27. The SMILES string of the molecule is Nc1nc2c(ncn2[C@]2(C3O[C@H](CO)[C@H](O)[C@H](O)[C@H]3O)O[C@H](CO)[C@@H](O)[C@H]2O)c(=O)[nH]1. The molecule has 0 amide bonds. The number of aromatic amines is 1. The van der Waals surface area contributed by atoms with Crippen molar-refractivity contribution in [2.24, 2.45) is 0 Å². The Morgan fingerprint density at radius 1 is 1.06 bits per heavy atom. The smallest absolute Gasteiger partial charge is 0.280 e. The van der Waals surface area contributed by atoms with Gasteiger partial charge in [0.2, 0.25) is 11.7 Å². The quantitative estimate of drug-likeness (QED) is 0.213. The summed E-state index contributed by atoms with van der Waals surface area (Å²) >= 11 is 0. The summed E-state index contributed by atoms with van der Waals surface area (Å²) in [4.78, 5) is 22.3. The molecule has 0 spiro atoms. The standard InChI is InChI=1S/C16H23N5O10/c17-15-19-13-6(14(29)20-15)18-3-21(13)16(11(28)8(25)5(2-23)31-16)12-10(27)9(26)7(24)4(1-22)30-12/h3-5,7-12,22-28H,1-2H2,(H3,17,19,20,29)/t4-,5-,7+,8-,9+,10-,11-,12?,16+/m1/s1. The summed E-state index contributed by atoms with van der Waals surface area (Å²) in [7, 11) is 0. The van der Waals surface area contributed by atoms with Crippen molar-refractivity contribution in [3.05, 3.63) is 16.7 Å². The third-order valence-electron chi connectivity index (χ3n) is 5.75. The summed E-state index contributed by atoms with van der Waals surface area (Å²) in [5.41, 5.74) is 2.14. The molecule has 0 aromatic carbocycles. The summed E-state index contributed by atoms with van der Waals surface area (Å²) < 4.78 is 12.3. The van der Waals surface area contributed by atoms with E-state index in [4.69, 9.17) is 15.2 Å². The number of rotatable bonds is 4. The Labute approximate surface area is 172 Å². The number of ether oxygens (including phenoxy) is 2. The van der Waals surface area contributed by atoms with E-state index in [0.29, 0.717) is 0 Å². The number of nitrogens with one attached hydrogen (secondary N) is 1. The Kier molecular flexibility index (Phi) is 5.49. The first-order chi connectivity index (χ1) is 14.7. The summed E-state index contributed by atoms with van der Waals surface area (Å²) in [5, 5.41) is 71.6. The van der Waals surface area contributed by atoms with Gasteiger partial charge in [0.25, 0.3) is 5.56 Å². The van der Waals surface area contributed by atoms with E-state index in [1.165, 1.54) is 0 Å². The van der Waals surface area contributed by atoms with E-state index >= 15 is 0 Å². The first-order valence-corrected chi connectivity index (χ1v) is 9.36. The number of fused-ring (bicyclic) bond motifs is 1. The van der Waals surface area contributed by atoms with Gasteiger partial charge in [0, 0.05) is 0 Å². The molecule has 2 aromatic heterocycles. The molecule has 9 atom stereocenters. The molecule has 2 aliphatic heterocycles. The number of aromatic nitrogens is 4. The number of aliphatic hydroxyl groups is 7. The van der Waals surface area contributed by atoms with Crippen molar-refractivity contribution in [2.45, 2.75) is 54.6 Å². The van der Waals surface area contributed by atoms with Gasteiger partial charge in [0.05, 0.1) is 19.5 Å². The molecule has 15 nitrogen and oxygen atoms in total. The Bertz CT molecular complexity index is 1010. The van der Waals surface area contributed by atoms with Crippen LogP contribution in [0.3, 0.4) is 0 Å². The van der Waals surface area contributed by atoms with Crippen molar-refractivity contribution < 1.29 is 45.2 Å². The molecule has 172 valence electrons. The molecule has 2 saturated heterocycles. The predicted molar refractivity (Wildman–Crippen MR) is 98.3 cm³/mol. The molecule has 0 bridgehead atoms. The number of hydrogen-bond acceptors (Lipinski definition) is 13. The van der Waals surface area contributed by atoms with Gasteiger partial charge in [-0.15, -0.1) is 0 Å². The van der Waals surface area contributed by atoms with Crippen LogP contribution in [0.1, 0.15) is 0 Å². The summed E-state index contributed by atoms with van der Waals surface area (Å²) in [6.45, 7) is -1.52. The lowest BCUT2D eigenvalue weighted by Crippen LogP contribution is -2.68. The van der Waals surface area contributed by atoms with Crippen LogP contribution in [0.5, 0.6) is 0 Å². The third-order valence-corrected chi connectivity index (χ3v) is 5.75. The number of imidazole rings is 1. The van der Waals surface area contributed by atoms with Crippen molar-refractivity contribution in [2.75, 3.05) is 18.9 Å². The molecule has 4 rings (SSSR count). The van der Waals surface area contributed by atoms with Crippen LogP contribution in [-0.2, 0) is 15.2 Å². The van der Waals surface area contributed by atoms with Crippen LogP contribution in [0, 0.1) is 0 Å². The van der Waals surface area contributed by atoms with E-state index in [0.717, 1.165) is 10.9 Å². The van der Waals surface area contributed by atoms with E-state index in [2.05, 4.69) is 15.0 Å². The average molecular weight is 445 g/mol. The van der Waals surface area contributed by atoms with E-state index in [9.17, 15) is 40.5 Å². The predicted octanol–water partition coefficient (Wildman–Crippen LogP) is -5.69. The second-order valence-corrected chi connectivity index (χ2v) is 7.51. The maximum absolute atomic E-state index is 12.2. The highest BCUT2D eigenvalue weighted by Crippen LogP contribution is 2.44.